The Morgan fingerprint density at radius 3 is 2.57 bits per heavy atom. The van der Waals surface area contributed by atoms with E-state index < -0.39 is 5.97 Å². The number of aryl methyl sites for hydroxylation is 1. The second-order valence-electron chi connectivity index (χ2n) is 7.54. The summed E-state index contributed by atoms with van der Waals surface area (Å²) in [5.74, 6) is -1.03. The molecule has 3 heterocycles. The first-order valence-corrected chi connectivity index (χ1v) is 10.2. The molecule has 2 aromatic heterocycles. The number of carboxylic acids is 1. The second-order valence-corrected chi connectivity index (χ2v) is 7.54. The van der Waals surface area contributed by atoms with Crippen LogP contribution in [0.3, 0.4) is 0 Å². The van der Waals surface area contributed by atoms with Crippen molar-refractivity contribution in [1.82, 2.24) is 19.7 Å². The lowest BCUT2D eigenvalue weighted by Crippen LogP contribution is -2.47. The van der Waals surface area contributed by atoms with E-state index in [9.17, 15) is 9.90 Å². The van der Waals surface area contributed by atoms with E-state index in [0.29, 0.717) is 5.65 Å². The summed E-state index contributed by atoms with van der Waals surface area (Å²) in [5, 5.41) is 15.3. The number of anilines is 1. The Bertz CT molecular complexity index is 1030. The van der Waals surface area contributed by atoms with E-state index in [1.807, 2.05) is 37.3 Å². The smallest absolute Gasteiger partial charge is 0.354 e. The molecule has 0 amide bonds. The molecule has 30 heavy (non-hydrogen) atoms. The number of ether oxygens (including phenoxy) is 1. The molecule has 3 aromatic rings. The van der Waals surface area contributed by atoms with E-state index in [-0.39, 0.29) is 5.69 Å². The van der Waals surface area contributed by atoms with Crippen LogP contribution in [0.25, 0.3) is 16.7 Å². The van der Waals surface area contributed by atoms with Gasteiger partial charge in [0.1, 0.15) is 0 Å². The van der Waals surface area contributed by atoms with Gasteiger partial charge in [-0.05, 0) is 31.5 Å². The molecule has 1 fully saturated rings. The Kier molecular flexibility index (Phi) is 5.96. The van der Waals surface area contributed by atoms with E-state index in [4.69, 9.17) is 9.84 Å². The highest BCUT2D eigenvalue weighted by Crippen LogP contribution is 2.32. The van der Waals surface area contributed by atoms with Gasteiger partial charge in [0.25, 0.3) is 0 Å². The number of rotatable bonds is 7. The molecule has 0 bridgehead atoms. The minimum absolute atomic E-state index is 0.0390. The number of carboxylic acid groups (broad SMARTS) is 1. The van der Waals surface area contributed by atoms with Gasteiger partial charge in [-0.25, -0.2) is 14.5 Å². The Labute approximate surface area is 175 Å². The highest BCUT2D eigenvalue weighted by molar-refractivity contribution is 5.98. The van der Waals surface area contributed by atoms with Gasteiger partial charge in [-0.15, -0.1) is 0 Å². The zero-order valence-electron chi connectivity index (χ0n) is 17.4. The number of hydrogen-bond acceptors (Lipinski definition) is 6. The van der Waals surface area contributed by atoms with Crippen LogP contribution in [0.4, 0.5) is 5.69 Å². The van der Waals surface area contributed by atoms with Crippen LogP contribution >= 0.6 is 0 Å². The van der Waals surface area contributed by atoms with Crippen molar-refractivity contribution in [2.75, 3.05) is 51.3 Å². The van der Waals surface area contributed by atoms with Crippen LogP contribution in [0.15, 0.2) is 36.4 Å². The largest absolute Gasteiger partial charge is 0.477 e. The average Bonchev–Trinajstić information content (AvgIpc) is 3.11. The van der Waals surface area contributed by atoms with Crippen LogP contribution < -0.4 is 4.90 Å². The molecular formula is C22H27N5O3. The second kappa shape index (κ2) is 8.81. The number of fused-ring (bicyclic) bond motifs is 1. The fourth-order valence-electron chi connectivity index (χ4n) is 4.02. The molecule has 158 valence electrons. The lowest BCUT2D eigenvalue weighted by Gasteiger charge is -2.36. The number of pyridine rings is 1. The van der Waals surface area contributed by atoms with Crippen LogP contribution in [-0.4, -0.2) is 77.2 Å². The van der Waals surface area contributed by atoms with E-state index in [1.165, 1.54) is 0 Å². The van der Waals surface area contributed by atoms with Crippen molar-refractivity contribution < 1.29 is 14.6 Å². The predicted octanol–water partition coefficient (Wildman–Crippen LogP) is 2.59. The highest BCUT2D eigenvalue weighted by Gasteiger charge is 2.24. The van der Waals surface area contributed by atoms with E-state index >= 15 is 0 Å². The molecule has 1 aliphatic heterocycles. The third-order valence-corrected chi connectivity index (χ3v) is 5.55. The van der Waals surface area contributed by atoms with Crippen molar-refractivity contribution in [2.45, 2.75) is 13.3 Å². The molecule has 0 spiro atoms. The van der Waals surface area contributed by atoms with Crippen LogP contribution in [-0.2, 0) is 4.74 Å². The first-order chi connectivity index (χ1) is 14.6. The van der Waals surface area contributed by atoms with Gasteiger partial charge < -0.3 is 14.7 Å². The first kappa shape index (κ1) is 20.3. The molecule has 1 aliphatic rings. The molecule has 0 radical (unpaired) electrons. The molecule has 1 aromatic carbocycles. The monoisotopic (exact) mass is 409 g/mol. The lowest BCUT2D eigenvalue weighted by molar-refractivity contribution is 0.0691. The number of carbonyl (C=O) groups is 1. The Morgan fingerprint density at radius 1 is 1.17 bits per heavy atom. The van der Waals surface area contributed by atoms with Gasteiger partial charge in [-0.1, -0.05) is 18.2 Å². The van der Waals surface area contributed by atoms with Crippen LogP contribution in [0, 0.1) is 6.92 Å². The maximum Gasteiger partial charge on any atom is 0.354 e. The fourth-order valence-corrected chi connectivity index (χ4v) is 4.02. The van der Waals surface area contributed by atoms with Gasteiger partial charge in [0, 0.05) is 46.4 Å². The molecule has 1 N–H and O–H groups in total. The SMILES string of the molecule is COCCCN1CCN(c2cc(C(=O)O)nc3c2c(C)nn3-c2ccccc2)CC1. The van der Waals surface area contributed by atoms with E-state index in [0.717, 1.165) is 68.2 Å². The summed E-state index contributed by atoms with van der Waals surface area (Å²) in [6.45, 7) is 7.27. The van der Waals surface area contributed by atoms with Crippen molar-refractivity contribution >= 4 is 22.7 Å². The number of nitrogens with zero attached hydrogens (tertiary/aromatic N) is 5. The predicted molar refractivity (Wildman–Crippen MR) is 116 cm³/mol. The summed E-state index contributed by atoms with van der Waals surface area (Å²) in [5.41, 5.74) is 3.22. The molecule has 8 nitrogen and oxygen atoms in total. The van der Waals surface area contributed by atoms with Crippen LogP contribution in [0.2, 0.25) is 0 Å². The van der Waals surface area contributed by atoms with Crippen molar-refractivity contribution in [3.63, 3.8) is 0 Å². The molecule has 0 aliphatic carbocycles. The molecule has 8 heteroatoms. The molecule has 1 saturated heterocycles. The third-order valence-electron chi connectivity index (χ3n) is 5.55. The topological polar surface area (TPSA) is 83.7 Å². The number of methoxy groups -OCH3 is 1. The number of aromatic nitrogens is 3. The molecule has 0 atom stereocenters. The Balaban J connectivity index is 1.70. The lowest BCUT2D eigenvalue weighted by atomic mass is 10.1. The highest BCUT2D eigenvalue weighted by atomic mass is 16.5. The Morgan fingerprint density at radius 2 is 1.90 bits per heavy atom. The normalized spacial score (nSPS) is 15.1. The van der Waals surface area contributed by atoms with Gasteiger partial charge in [0.15, 0.2) is 11.3 Å². The maximum absolute atomic E-state index is 11.8. The van der Waals surface area contributed by atoms with Gasteiger partial charge in [0.05, 0.1) is 22.5 Å². The summed E-state index contributed by atoms with van der Waals surface area (Å²) >= 11 is 0. The number of benzene rings is 1. The molecule has 4 rings (SSSR count). The summed E-state index contributed by atoms with van der Waals surface area (Å²) < 4.78 is 6.89. The molecule has 0 unspecified atom stereocenters. The van der Waals surface area contributed by atoms with Crippen LogP contribution in [0.1, 0.15) is 22.6 Å². The fraction of sp³-hybridized carbons (Fsp3) is 0.409. The average molecular weight is 409 g/mol. The third kappa shape index (κ3) is 4.01. The first-order valence-electron chi connectivity index (χ1n) is 10.2. The minimum atomic E-state index is -1.03. The summed E-state index contributed by atoms with van der Waals surface area (Å²) in [7, 11) is 1.73. The van der Waals surface area contributed by atoms with E-state index in [1.54, 1.807) is 17.9 Å². The standard InChI is InChI=1S/C22H27N5O3/c1-16-20-19(26-12-10-25(11-13-26)9-6-14-30-2)15-18(22(28)29)23-21(20)27(24-16)17-7-4-3-5-8-17/h3-5,7-8,15H,6,9-14H2,1-2H3,(H,28,29). The van der Waals surface area contributed by atoms with Gasteiger partial charge in [0.2, 0.25) is 0 Å². The quantitative estimate of drug-likeness (QED) is 0.601. The zero-order chi connectivity index (χ0) is 21.1. The molecule has 0 saturated carbocycles. The van der Waals surface area contributed by atoms with Gasteiger partial charge >= 0.3 is 5.97 Å². The summed E-state index contributed by atoms with van der Waals surface area (Å²) in [6.07, 6.45) is 1.02. The van der Waals surface area contributed by atoms with Crippen LogP contribution in [0.5, 0.6) is 0 Å². The van der Waals surface area contributed by atoms with Gasteiger partial charge in [-0.3, -0.25) is 4.90 Å². The van der Waals surface area contributed by atoms with Crippen molar-refractivity contribution in [2.24, 2.45) is 0 Å². The number of piperazine rings is 1. The van der Waals surface area contributed by atoms with Crippen molar-refractivity contribution in [3.05, 3.63) is 47.8 Å². The molecular weight excluding hydrogens is 382 g/mol. The van der Waals surface area contributed by atoms with Crippen molar-refractivity contribution in [1.29, 1.82) is 0 Å². The summed E-state index contributed by atoms with van der Waals surface area (Å²) in [6, 6.07) is 11.4. The number of para-hydroxylation sites is 1. The van der Waals surface area contributed by atoms with Crippen molar-refractivity contribution in [3.8, 4) is 5.69 Å². The number of aromatic carboxylic acids is 1. The van der Waals surface area contributed by atoms with Gasteiger partial charge in [-0.2, -0.15) is 5.10 Å². The van der Waals surface area contributed by atoms with E-state index in [2.05, 4.69) is 14.8 Å². The maximum atomic E-state index is 11.8. The Hall–Kier alpha value is -2.97. The zero-order valence-corrected chi connectivity index (χ0v) is 17.4. The number of hydrogen-bond donors (Lipinski definition) is 1. The summed E-state index contributed by atoms with van der Waals surface area (Å²) in [4.78, 5) is 20.9. The minimum Gasteiger partial charge on any atom is -0.477 e.